The van der Waals surface area contributed by atoms with E-state index in [0.717, 1.165) is 32.5 Å². The smallest absolute Gasteiger partial charge is 0.0484 e. The van der Waals surface area contributed by atoms with Gasteiger partial charge in [-0.25, -0.2) is 0 Å². The summed E-state index contributed by atoms with van der Waals surface area (Å²) in [6.07, 6.45) is 4.31. The predicted molar refractivity (Wildman–Crippen MR) is 73.1 cm³/mol. The first kappa shape index (κ1) is 14.2. The standard InChI is InChI=1S/C15H25NO/c1-3-5-13-6-8-14(9-7-13)15(16)10-12-17-11-4-2/h6-9,15H,3-5,10-12,16H2,1-2H3. The van der Waals surface area contributed by atoms with Crippen LogP contribution in [0.15, 0.2) is 24.3 Å². The zero-order valence-corrected chi connectivity index (χ0v) is 11.1. The number of rotatable bonds is 8. The Morgan fingerprint density at radius 1 is 1.06 bits per heavy atom. The molecule has 0 saturated heterocycles. The van der Waals surface area contributed by atoms with Crippen LogP contribution >= 0.6 is 0 Å². The summed E-state index contributed by atoms with van der Waals surface area (Å²) in [5.41, 5.74) is 8.73. The number of ether oxygens (including phenoxy) is 1. The third kappa shape index (κ3) is 5.33. The van der Waals surface area contributed by atoms with Crippen LogP contribution in [0.2, 0.25) is 0 Å². The van der Waals surface area contributed by atoms with E-state index >= 15 is 0 Å². The van der Waals surface area contributed by atoms with E-state index in [1.807, 2.05) is 0 Å². The topological polar surface area (TPSA) is 35.2 Å². The molecule has 0 bridgehead atoms. The second kappa shape index (κ2) is 8.26. The third-order valence-electron chi connectivity index (χ3n) is 2.87. The van der Waals surface area contributed by atoms with Crippen molar-refractivity contribution in [1.29, 1.82) is 0 Å². The van der Waals surface area contributed by atoms with E-state index in [1.54, 1.807) is 0 Å². The van der Waals surface area contributed by atoms with Crippen LogP contribution in [0.4, 0.5) is 0 Å². The summed E-state index contributed by atoms with van der Waals surface area (Å²) in [4.78, 5) is 0. The Kier molecular flexibility index (Phi) is 6.90. The van der Waals surface area contributed by atoms with Crippen LogP contribution in [0.25, 0.3) is 0 Å². The Balaban J connectivity index is 2.37. The summed E-state index contributed by atoms with van der Waals surface area (Å²) < 4.78 is 5.46. The molecule has 0 spiro atoms. The minimum absolute atomic E-state index is 0.0996. The zero-order chi connectivity index (χ0) is 12.5. The molecule has 1 unspecified atom stereocenters. The minimum Gasteiger partial charge on any atom is -0.381 e. The maximum atomic E-state index is 6.12. The van der Waals surface area contributed by atoms with Crippen LogP contribution in [0, 0.1) is 0 Å². The molecule has 2 nitrogen and oxygen atoms in total. The average molecular weight is 235 g/mol. The molecule has 1 aromatic carbocycles. The van der Waals surface area contributed by atoms with Gasteiger partial charge in [-0.1, -0.05) is 44.5 Å². The van der Waals surface area contributed by atoms with E-state index in [-0.39, 0.29) is 6.04 Å². The number of hydrogen-bond donors (Lipinski definition) is 1. The molecule has 0 radical (unpaired) electrons. The van der Waals surface area contributed by atoms with E-state index in [4.69, 9.17) is 10.5 Å². The van der Waals surface area contributed by atoms with E-state index in [1.165, 1.54) is 17.5 Å². The van der Waals surface area contributed by atoms with Crippen molar-refractivity contribution >= 4 is 0 Å². The Labute approximate surface area is 105 Å². The molecular weight excluding hydrogens is 210 g/mol. The Hall–Kier alpha value is -0.860. The van der Waals surface area contributed by atoms with Gasteiger partial charge in [0, 0.05) is 19.3 Å². The number of aryl methyl sites for hydroxylation is 1. The van der Waals surface area contributed by atoms with Gasteiger partial charge in [0.05, 0.1) is 0 Å². The molecule has 2 N–H and O–H groups in total. The molecule has 1 atom stereocenters. The van der Waals surface area contributed by atoms with Crippen LogP contribution in [-0.2, 0) is 11.2 Å². The number of nitrogens with two attached hydrogens (primary N) is 1. The lowest BCUT2D eigenvalue weighted by molar-refractivity contribution is 0.128. The van der Waals surface area contributed by atoms with Gasteiger partial charge in [0.25, 0.3) is 0 Å². The second-order valence-corrected chi connectivity index (χ2v) is 4.50. The molecule has 17 heavy (non-hydrogen) atoms. The highest BCUT2D eigenvalue weighted by Crippen LogP contribution is 2.15. The normalized spacial score (nSPS) is 12.6. The maximum Gasteiger partial charge on any atom is 0.0484 e. The zero-order valence-electron chi connectivity index (χ0n) is 11.1. The Morgan fingerprint density at radius 3 is 2.35 bits per heavy atom. The fourth-order valence-corrected chi connectivity index (χ4v) is 1.84. The highest BCUT2D eigenvalue weighted by molar-refractivity contribution is 5.24. The van der Waals surface area contributed by atoms with E-state index < -0.39 is 0 Å². The minimum atomic E-state index is 0.0996. The molecule has 0 amide bonds. The molecule has 0 aliphatic heterocycles. The van der Waals surface area contributed by atoms with E-state index in [9.17, 15) is 0 Å². The summed E-state index contributed by atoms with van der Waals surface area (Å²) in [7, 11) is 0. The molecule has 0 aromatic heterocycles. The van der Waals surface area contributed by atoms with Crippen LogP contribution in [0.5, 0.6) is 0 Å². The Bertz CT molecular complexity index is 294. The summed E-state index contributed by atoms with van der Waals surface area (Å²) in [6, 6.07) is 8.77. The lowest BCUT2D eigenvalue weighted by atomic mass is 10.0. The Morgan fingerprint density at radius 2 is 1.76 bits per heavy atom. The van der Waals surface area contributed by atoms with Crippen molar-refractivity contribution < 1.29 is 4.74 Å². The van der Waals surface area contributed by atoms with Gasteiger partial charge >= 0.3 is 0 Å². The monoisotopic (exact) mass is 235 g/mol. The van der Waals surface area contributed by atoms with Gasteiger partial charge in [-0.2, -0.15) is 0 Å². The van der Waals surface area contributed by atoms with Crippen molar-refractivity contribution in [1.82, 2.24) is 0 Å². The van der Waals surface area contributed by atoms with Crippen molar-refractivity contribution in [2.45, 2.75) is 45.6 Å². The van der Waals surface area contributed by atoms with Crippen LogP contribution in [-0.4, -0.2) is 13.2 Å². The number of hydrogen-bond acceptors (Lipinski definition) is 2. The van der Waals surface area contributed by atoms with Gasteiger partial charge in [0.1, 0.15) is 0 Å². The van der Waals surface area contributed by atoms with E-state index in [0.29, 0.717) is 0 Å². The summed E-state index contributed by atoms with van der Waals surface area (Å²) in [5.74, 6) is 0. The molecule has 96 valence electrons. The lowest BCUT2D eigenvalue weighted by Crippen LogP contribution is -2.13. The third-order valence-corrected chi connectivity index (χ3v) is 2.87. The van der Waals surface area contributed by atoms with Gasteiger partial charge in [0.15, 0.2) is 0 Å². The largest absolute Gasteiger partial charge is 0.381 e. The van der Waals surface area contributed by atoms with E-state index in [2.05, 4.69) is 38.1 Å². The highest BCUT2D eigenvalue weighted by atomic mass is 16.5. The number of benzene rings is 1. The predicted octanol–water partition coefficient (Wildman–Crippen LogP) is 3.46. The summed E-state index contributed by atoms with van der Waals surface area (Å²) >= 11 is 0. The molecule has 1 rings (SSSR count). The van der Waals surface area contributed by atoms with Crippen molar-refractivity contribution in [2.75, 3.05) is 13.2 Å². The van der Waals surface area contributed by atoms with Crippen molar-refractivity contribution in [3.8, 4) is 0 Å². The second-order valence-electron chi connectivity index (χ2n) is 4.50. The molecule has 2 heteroatoms. The van der Waals surface area contributed by atoms with Gasteiger partial charge in [-0.05, 0) is 30.4 Å². The maximum absolute atomic E-state index is 6.12. The molecule has 0 aliphatic rings. The fourth-order valence-electron chi connectivity index (χ4n) is 1.84. The van der Waals surface area contributed by atoms with Gasteiger partial charge < -0.3 is 10.5 Å². The summed E-state index contributed by atoms with van der Waals surface area (Å²) in [5, 5.41) is 0. The molecule has 1 aromatic rings. The summed E-state index contributed by atoms with van der Waals surface area (Å²) in [6.45, 7) is 5.91. The first-order chi connectivity index (χ1) is 8.27. The quantitative estimate of drug-likeness (QED) is 0.700. The SMILES string of the molecule is CCCOCCC(N)c1ccc(CCC)cc1. The molecular formula is C15H25NO. The molecule has 0 fully saturated rings. The average Bonchev–Trinajstić information content (AvgIpc) is 2.36. The van der Waals surface area contributed by atoms with Crippen LogP contribution in [0.1, 0.15) is 50.3 Å². The van der Waals surface area contributed by atoms with Crippen molar-refractivity contribution in [3.05, 3.63) is 35.4 Å². The highest BCUT2D eigenvalue weighted by Gasteiger charge is 2.05. The van der Waals surface area contributed by atoms with Crippen molar-refractivity contribution in [2.24, 2.45) is 5.73 Å². The molecule has 0 heterocycles. The van der Waals surface area contributed by atoms with Gasteiger partial charge in [-0.15, -0.1) is 0 Å². The molecule has 0 saturated carbocycles. The molecule has 0 aliphatic carbocycles. The van der Waals surface area contributed by atoms with Crippen molar-refractivity contribution in [3.63, 3.8) is 0 Å². The fraction of sp³-hybridized carbons (Fsp3) is 0.600. The first-order valence-electron chi connectivity index (χ1n) is 6.70. The first-order valence-corrected chi connectivity index (χ1v) is 6.70. The van der Waals surface area contributed by atoms with Crippen LogP contribution in [0.3, 0.4) is 0 Å². The van der Waals surface area contributed by atoms with Gasteiger partial charge in [0.2, 0.25) is 0 Å². The van der Waals surface area contributed by atoms with Gasteiger partial charge in [-0.3, -0.25) is 0 Å². The van der Waals surface area contributed by atoms with Crippen LogP contribution < -0.4 is 5.73 Å². The lowest BCUT2D eigenvalue weighted by Gasteiger charge is -2.12.